The zero-order valence-corrected chi connectivity index (χ0v) is 14.2. The van der Waals surface area contributed by atoms with Crippen LogP contribution >= 0.6 is 0 Å². The van der Waals surface area contributed by atoms with Crippen LogP contribution < -0.4 is 10.6 Å². The monoisotopic (exact) mass is 322 g/mol. The number of hydrogen-bond acceptors (Lipinski definition) is 2. The van der Waals surface area contributed by atoms with Gasteiger partial charge in [0.1, 0.15) is 0 Å². The van der Waals surface area contributed by atoms with Crippen LogP contribution in [-0.2, 0) is 6.54 Å². The predicted octanol–water partition coefficient (Wildman–Crippen LogP) is 3.86. The molecule has 0 unspecified atom stereocenters. The fraction of sp³-hybridized carbons (Fsp3) is 0.263. The van der Waals surface area contributed by atoms with Gasteiger partial charge in [0.25, 0.3) is 0 Å². The minimum Gasteiger partial charge on any atom is -0.334 e. The van der Waals surface area contributed by atoms with Crippen LogP contribution in [-0.4, -0.2) is 21.9 Å². The molecule has 0 saturated carbocycles. The van der Waals surface area contributed by atoms with E-state index in [1.165, 1.54) is 0 Å². The van der Waals surface area contributed by atoms with Crippen LogP contribution in [0.4, 0.5) is 10.5 Å². The molecule has 0 radical (unpaired) electrons. The second-order valence-electron chi connectivity index (χ2n) is 6.14. The third kappa shape index (κ3) is 3.56. The van der Waals surface area contributed by atoms with Gasteiger partial charge in [0.2, 0.25) is 0 Å². The summed E-state index contributed by atoms with van der Waals surface area (Å²) < 4.78 is 1.91. The van der Waals surface area contributed by atoms with Gasteiger partial charge in [-0.2, -0.15) is 5.10 Å². The summed E-state index contributed by atoms with van der Waals surface area (Å²) in [6, 6.07) is 15.7. The minimum absolute atomic E-state index is 0.0297. The lowest BCUT2D eigenvalue weighted by Gasteiger charge is -2.16. The molecule has 3 aromatic rings. The van der Waals surface area contributed by atoms with E-state index >= 15 is 0 Å². The normalized spacial score (nSPS) is 12.1. The van der Waals surface area contributed by atoms with Gasteiger partial charge in [-0.15, -0.1) is 0 Å². The third-order valence-corrected chi connectivity index (χ3v) is 3.97. The molecule has 0 spiro atoms. The molecular formula is C19H22N4O. The quantitative estimate of drug-likeness (QED) is 0.766. The number of aryl methyl sites for hydroxylation is 2. The van der Waals surface area contributed by atoms with Crippen molar-refractivity contribution in [3.8, 4) is 0 Å². The van der Waals surface area contributed by atoms with Gasteiger partial charge in [-0.3, -0.25) is 4.68 Å². The number of rotatable bonds is 4. The van der Waals surface area contributed by atoms with Gasteiger partial charge < -0.3 is 10.6 Å². The Labute approximate surface area is 141 Å². The number of aromatic nitrogens is 2. The Morgan fingerprint density at radius 3 is 2.67 bits per heavy atom. The number of carbonyl (C=O) groups excluding carboxylic acids is 1. The summed E-state index contributed by atoms with van der Waals surface area (Å²) in [6.45, 7) is 6.60. The fourth-order valence-corrected chi connectivity index (χ4v) is 2.88. The van der Waals surface area contributed by atoms with Crippen LogP contribution in [0, 0.1) is 13.8 Å². The van der Waals surface area contributed by atoms with E-state index in [-0.39, 0.29) is 12.1 Å². The molecule has 0 aliphatic heterocycles. The molecule has 5 heteroatoms. The van der Waals surface area contributed by atoms with Gasteiger partial charge in [0.15, 0.2) is 0 Å². The van der Waals surface area contributed by atoms with E-state index in [0.717, 1.165) is 27.8 Å². The summed E-state index contributed by atoms with van der Waals surface area (Å²) in [5.41, 5.74) is 2.89. The molecule has 124 valence electrons. The Hall–Kier alpha value is -2.82. The average molecular weight is 322 g/mol. The summed E-state index contributed by atoms with van der Waals surface area (Å²) in [4.78, 5) is 12.3. The lowest BCUT2D eigenvalue weighted by Crippen LogP contribution is -2.39. The molecule has 3 rings (SSSR count). The highest BCUT2D eigenvalue weighted by atomic mass is 16.2. The Kier molecular flexibility index (Phi) is 4.51. The molecule has 1 aromatic heterocycles. The van der Waals surface area contributed by atoms with Crippen molar-refractivity contribution >= 4 is 22.5 Å². The summed E-state index contributed by atoms with van der Waals surface area (Å²) in [5, 5.41) is 12.5. The summed E-state index contributed by atoms with van der Waals surface area (Å²) in [7, 11) is 0. The molecule has 0 bridgehead atoms. The van der Waals surface area contributed by atoms with Crippen LogP contribution in [0.2, 0.25) is 0 Å². The van der Waals surface area contributed by atoms with E-state index < -0.39 is 0 Å². The van der Waals surface area contributed by atoms with E-state index in [0.29, 0.717) is 6.54 Å². The number of carbonyl (C=O) groups is 1. The molecule has 1 heterocycles. The molecular weight excluding hydrogens is 300 g/mol. The van der Waals surface area contributed by atoms with Gasteiger partial charge in [0.05, 0.1) is 17.9 Å². The van der Waals surface area contributed by atoms with Crippen LogP contribution in [0.5, 0.6) is 0 Å². The van der Waals surface area contributed by atoms with Crippen molar-refractivity contribution in [1.82, 2.24) is 15.1 Å². The van der Waals surface area contributed by atoms with Gasteiger partial charge in [-0.05, 0) is 38.3 Å². The topological polar surface area (TPSA) is 59.0 Å². The molecule has 1 atom stereocenters. The van der Waals surface area contributed by atoms with Crippen molar-refractivity contribution in [2.75, 3.05) is 5.32 Å². The zero-order valence-electron chi connectivity index (χ0n) is 14.2. The second-order valence-corrected chi connectivity index (χ2v) is 6.14. The summed E-state index contributed by atoms with van der Waals surface area (Å²) in [5.74, 6) is 0. The van der Waals surface area contributed by atoms with Crippen molar-refractivity contribution in [2.45, 2.75) is 33.4 Å². The molecule has 2 aromatic carbocycles. The van der Waals surface area contributed by atoms with Crippen LogP contribution in [0.25, 0.3) is 10.8 Å². The molecule has 2 amide bonds. The van der Waals surface area contributed by atoms with Crippen LogP contribution in [0.1, 0.15) is 18.3 Å². The Morgan fingerprint density at radius 2 is 1.92 bits per heavy atom. The van der Waals surface area contributed by atoms with Gasteiger partial charge in [-0.25, -0.2) is 4.79 Å². The first-order chi connectivity index (χ1) is 11.5. The smallest absolute Gasteiger partial charge is 0.319 e. The van der Waals surface area contributed by atoms with Crippen molar-refractivity contribution in [3.63, 3.8) is 0 Å². The van der Waals surface area contributed by atoms with Crippen molar-refractivity contribution in [3.05, 3.63) is 59.9 Å². The standard InChI is InChI=1S/C19H22N4O/c1-13-11-15(3)23(22-13)12-14(2)20-19(24)21-18-10-6-8-16-7-4-5-9-17(16)18/h4-11,14H,12H2,1-3H3,(H2,20,21,24)/t14-/m1/s1. The summed E-state index contributed by atoms with van der Waals surface area (Å²) in [6.07, 6.45) is 0. The minimum atomic E-state index is -0.208. The third-order valence-electron chi connectivity index (χ3n) is 3.97. The summed E-state index contributed by atoms with van der Waals surface area (Å²) >= 11 is 0. The molecule has 0 aliphatic rings. The SMILES string of the molecule is Cc1cc(C)n(C[C@@H](C)NC(=O)Nc2cccc3ccccc23)n1. The lowest BCUT2D eigenvalue weighted by molar-refractivity contribution is 0.247. The molecule has 0 aliphatic carbocycles. The number of benzene rings is 2. The highest BCUT2D eigenvalue weighted by Crippen LogP contribution is 2.22. The Bertz CT molecular complexity index is 863. The second kappa shape index (κ2) is 6.74. The molecule has 2 N–H and O–H groups in total. The molecule has 0 fully saturated rings. The number of anilines is 1. The number of nitrogens with zero attached hydrogens (tertiary/aromatic N) is 2. The highest BCUT2D eigenvalue weighted by molar-refractivity contribution is 6.01. The lowest BCUT2D eigenvalue weighted by atomic mass is 10.1. The number of hydrogen-bond donors (Lipinski definition) is 2. The maximum atomic E-state index is 12.3. The fourth-order valence-electron chi connectivity index (χ4n) is 2.88. The van der Waals surface area contributed by atoms with Crippen molar-refractivity contribution in [2.24, 2.45) is 0 Å². The Balaban J connectivity index is 1.65. The van der Waals surface area contributed by atoms with E-state index in [4.69, 9.17) is 0 Å². The van der Waals surface area contributed by atoms with E-state index in [1.807, 2.05) is 74.0 Å². The first-order valence-corrected chi connectivity index (χ1v) is 8.09. The van der Waals surface area contributed by atoms with Crippen LogP contribution in [0.15, 0.2) is 48.5 Å². The molecule has 5 nitrogen and oxygen atoms in total. The maximum Gasteiger partial charge on any atom is 0.319 e. The Morgan fingerprint density at radius 1 is 1.17 bits per heavy atom. The van der Waals surface area contributed by atoms with Gasteiger partial charge >= 0.3 is 6.03 Å². The van der Waals surface area contributed by atoms with Gasteiger partial charge in [-0.1, -0.05) is 36.4 Å². The van der Waals surface area contributed by atoms with Crippen LogP contribution in [0.3, 0.4) is 0 Å². The maximum absolute atomic E-state index is 12.3. The number of urea groups is 1. The average Bonchev–Trinajstić information content (AvgIpc) is 2.85. The van der Waals surface area contributed by atoms with E-state index in [9.17, 15) is 4.79 Å². The number of nitrogens with one attached hydrogen (secondary N) is 2. The van der Waals surface area contributed by atoms with E-state index in [2.05, 4.69) is 15.7 Å². The molecule has 24 heavy (non-hydrogen) atoms. The van der Waals surface area contributed by atoms with Crippen molar-refractivity contribution in [1.29, 1.82) is 0 Å². The predicted molar refractivity (Wildman–Crippen MR) is 97.3 cm³/mol. The highest BCUT2D eigenvalue weighted by Gasteiger charge is 2.11. The molecule has 0 saturated heterocycles. The number of amides is 2. The van der Waals surface area contributed by atoms with Gasteiger partial charge in [0, 0.05) is 17.1 Å². The first-order valence-electron chi connectivity index (χ1n) is 8.09. The first kappa shape index (κ1) is 16.1. The van der Waals surface area contributed by atoms with E-state index in [1.54, 1.807) is 0 Å². The number of fused-ring (bicyclic) bond motifs is 1. The zero-order chi connectivity index (χ0) is 17.1. The van der Waals surface area contributed by atoms with Crippen molar-refractivity contribution < 1.29 is 4.79 Å². The largest absolute Gasteiger partial charge is 0.334 e.